The SMILES string of the molecule is C=CCc1ccc(C[C@H](N)C(C)=O)cc1. The van der Waals surface area contributed by atoms with Crippen LogP contribution in [-0.4, -0.2) is 11.8 Å². The van der Waals surface area contributed by atoms with E-state index >= 15 is 0 Å². The summed E-state index contributed by atoms with van der Waals surface area (Å²) >= 11 is 0. The highest BCUT2D eigenvalue weighted by molar-refractivity contribution is 5.81. The van der Waals surface area contributed by atoms with Crippen LogP contribution < -0.4 is 5.73 Å². The van der Waals surface area contributed by atoms with Crippen molar-refractivity contribution in [2.45, 2.75) is 25.8 Å². The van der Waals surface area contributed by atoms with Crippen LogP contribution >= 0.6 is 0 Å². The van der Waals surface area contributed by atoms with E-state index in [2.05, 4.69) is 6.58 Å². The fraction of sp³-hybridized carbons (Fsp3) is 0.308. The number of rotatable bonds is 5. The van der Waals surface area contributed by atoms with E-state index in [4.69, 9.17) is 5.73 Å². The number of carbonyl (C=O) groups excluding carboxylic acids is 1. The number of ketones is 1. The van der Waals surface area contributed by atoms with Gasteiger partial charge in [-0.05, 0) is 30.9 Å². The minimum atomic E-state index is -0.379. The molecule has 15 heavy (non-hydrogen) atoms. The van der Waals surface area contributed by atoms with Crippen LogP contribution in [0, 0.1) is 0 Å². The van der Waals surface area contributed by atoms with Gasteiger partial charge in [0, 0.05) is 0 Å². The molecular formula is C13H17NO. The van der Waals surface area contributed by atoms with Crippen LogP contribution in [0.3, 0.4) is 0 Å². The average molecular weight is 203 g/mol. The Morgan fingerprint density at radius 3 is 2.40 bits per heavy atom. The van der Waals surface area contributed by atoms with Crippen molar-refractivity contribution in [2.24, 2.45) is 5.73 Å². The molecular weight excluding hydrogens is 186 g/mol. The van der Waals surface area contributed by atoms with Crippen LogP contribution in [0.25, 0.3) is 0 Å². The molecule has 0 spiro atoms. The smallest absolute Gasteiger partial charge is 0.146 e. The molecule has 1 aromatic rings. The molecule has 2 nitrogen and oxygen atoms in total. The van der Waals surface area contributed by atoms with Gasteiger partial charge in [-0.1, -0.05) is 30.3 Å². The highest BCUT2D eigenvalue weighted by Gasteiger charge is 2.08. The largest absolute Gasteiger partial charge is 0.321 e. The van der Waals surface area contributed by atoms with Crippen LogP contribution in [0.4, 0.5) is 0 Å². The van der Waals surface area contributed by atoms with Gasteiger partial charge in [0.25, 0.3) is 0 Å². The average Bonchev–Trinajstić information content (AvgIpc) is 2.21. The van der Waals surface area contributed by atoms with Crippen molar-refractivity contribution in [3.8, 4) is 0 Å². The Kier molecular flexibility index (Phi) is 4.25. The number of carbonyl (C=O) groups is 1. The van der Waals surface area contributed by atoms with Crippen LogP contribution in [0.2, 0.25) is 0 Å². The van der Waals surface area contributed by atoms with Crippen molar-refractivity contribution in [3.63, 3.8) is 0 Å². The summed E-state index contributed by atoms with van der Waals surface area (Å²) < 4.78 is 0. The predicted molar refractivity (Wildman–Crippen MR) is 62.7 cm³/mol. The van der Waals surface area contributed by atoms with Gasteiger partial charge < -0.3 is 5.73 Å². The molecule has 0 saturated heterocycles. The number of Topliss-reactive ketones (excluding diaryl/α,β-unsaturated/α-hetero) is 1. The van der Waals surface area contributed by atoms with E-state index < -0.39 is 0 Å². The standard InChI is InChI=1S/C13H17NO/c1-3-4-11-5-7-12(8-6-11)9-13(14)10(2)15/h3,5-8,13H,1,4,9,14H2,2H3/t13-/m0/s1. The van der Waals surface area contributed by atoms with Gasteiger partial charge in [-0.25, -0.2) is 0 Å². The van der Waals surface area contributed by atoms with Crippen molar-refractivity contribution in [1.82, 2.24) is 0 Å². The number of benzene rings is 1. The molecule has 0 fully saturated rings. The van der Waals surface area contributed by atoms with Crippen molar-refractivity contribution < 1.29 is 4.79 Å². The predicted octanol–water partition coefficient (Wildman–Crippen LogP) is 1.87. The first kappa shape index (κ1) is 11.7. The molecule has 1 aromatic carbocycles. The summed E-state index contributed by atoms with van der Waals surface area (Å²) in [5, 5.41) is 0. The lowest BCUT2D eigenvalue weighted by Gasteiger charge is -2.07. The van der Waals surface area contributed by atoms with Crippen molar-refractivity contribution in [1.29, 1.82) is 0 Å². The van der Waals surface area contributed by atoms with Gasteiger partial charge in [0.2, 0.25) is 0 Å². The van der Waals surface area contributed by atoms with Gasteiger partial charge in [0.05, 0.1) is 6.04 Å². The molecule has 1 rings (SSSR count). The molecule has 0 amide bonds. The third-order valence-electron chi connectivity index (χ3n) is 2.38. The second kappa shape index (κ2) is 5.47. The molecule has 0 saturated carbocycles. The summed E-state index contributed by atoms with van der Waals surface area (Å²) in [4.78, 5) is 11.0. The highest BCUT2D eigenvalue weighted by Crippen LogP contribution is 2.07. The summed E-state index contributed by atoms with van der Waals surface area (Å²) in [7, 11) is 0. The Balaban J connectivity index is 2.64. The molecule has 0 aliphatic heterocycles. The summed E-state index contributed by atoms with van der Waals surface area (Å²) in [6, 6.07) is 7.74. The third kappa shape index (κ3) is 3.68. The fourth-order valence-corrected chi connectivity index (χ4v) is 1.38. The van der Waals surface area contributed by atoms with Gasteiger partial charge in [0.15, 0.2) is 0 Å². The number of hydrogen-bond acceptors (Lipinski definition) is 2. The molecule has 2 N–H and O–H groups in total. The normalized spacial score (nSPS) is 12.1. The van der Waals surface area contributed by atoms with E-state index in [0.29, 0.717) is 6.42 Å². The van der Waals surface area contributed by atoms with Gasteiger partial charge in [-0.3, -0.25) is 4.79 Å². The van der Waals surface area contributed by atoms with E-state index in [1.54, 1.807) is 0 Å². The second-order valence-electron chi connectivity index (χ2n) is 3.73. The van der Waals surface area contributed by atoms with Gasteiger partial charge in [-0.15, -0.1) is 6.58 Å². The molecule has 2 heteroatoms. The Morgan fingerprint density at radius 2 is 1.93 bits per heavy atom. The van der Waals surface area contributed by atoms with Gasteiger partial charge >= 0.3 is 0 Å². The topological polar surface area (TPSA) is 43.1 Å². The molecule has 0 aromatic heterocycles. The molecule has 1 atom stereocenters. The van der Waals surface area contributed by atoms with Crippen LogP contribution in [0.15, 0.2) is 36.9 Å². The van der Waals surface area contributed by atoms with Crippen LogP contribution in [0.1, 0.15) is 18.1 Å². The summed E-state index contributed by atoms with van der Waals surface area (Å²) in [6.07, 6.45) is 3.36. The molecule has 0 radical (unpaired) electrons. The fourth-order valence-electron chi connectivity index (χ4n) is 1.38. The highest BCUT2D eigenvalue weighted by atomic mass is 16.1. The minimum absolute atomic E-state index is 0.0326. The first-order valence-corrected chi connectivity index (χ1v) is 5.08. The zero-order chi connectivity index (χ0) is 11.3. The maximum Gasteiger partial charge on any atom is 0.146 e. The maximum absolute atomic E-state index is 11.0. The lowest BCUT2D eigenvalue weighted by Crippen LogP contribution is -2.30. The van der Waals surface area contributed by atoms with Crippen molar-refractivity contribution >= 4 is 5.78 Å². The van der Waals surface area contributed by atoms with E-state index in [-0.39, 0.29) is 11.8 Å². The van der Waals surface area contributed by atoms with E-state index in [0.717, 1.165) is 12.0 Å². The molecule has 0 bridgehead atoms. The second-order valence-corrected chi connectivity index (χ2v) is 3.73. The molecule has 0 heterocycles. The molecule has 0 aliphatic rings. The number of hydrogen-bond donors (Lipinski definition) is 1. The Hall–Kier alpha value is -1.41. The Morgan fingerprint density at radius 1 is 1.40 bits per heavy atom. The van der Waals surface area contributed by atoms with Gasteiger partial charge in [-0.2, -0.15) is 0 Å². The van der Waals surface area contributed by atoms with Gasteiger partial charge in [0.1, 0.15) is 5.78 Å². The van der Waals surface area contributed by atoms with Crippen molar-refractivity contribution in [3.05, 3.63) is 48.0 Å². The lowest BCUT2D eigenvalue weighted by atomic mass is 10.0. The first-order chi connectivity index (χ1) is 7.13. The monoisotopic (exact) mass is 203 g/mol. The summed E-state index contributed by atoms with van der Waals surface area (Å²) in [5.74, 6) is 0.0326. The minimum Gasteiger partial charge on any atom is -0.321 e. The Labute approximate surface area is 90.8 Å². The first-order valence-electron chi connectivity index (χ1n) is 5.08. The van der Waals surface area contributed by atoms with Crippen molar-refractivity contribution in [2.75, 3.05) is 0 Å². The zero-order valence-corrected chi connectivity index (χ0v) is 9.07. The van der Waals surface area contributed by atoms with E-state index in [1.807, 2.05) is 30.3 Å². The maximum atomic E-state index is 11.0. The van der Waals surface area contributed by atoms with E-state index in [9.17, 15) is 4.79 Å². The molecule has 80 valence electrons. The quantitative estimate of drug-likeness (QED) is 0.742. The summed E-state index contributed by atoms with van der Waals surface area (Å²) in [6.45, 7) is 5.21. The molecule has 0 aliphatic carbocycles. The Bertz CT molecular complexity index is 340. The summed E-state index contributed by atoms with van der Waals surface area (Å²) in [5.41, 5.74) is 8.01. The number of nitrogens with two attached hydrogens (primary N) is 1. The number of allylic oxidation sites excluding steroid dienone is 1. The zero-order valence-electron chi connectivity index (χ0n) is 9.07. The van der Waals surface area contributed by atoms with Crippen LogP contribution in [-0.2, 0) is 17.6 Å². The molecule has 0 unspecified atom stereocenters. The van der Waals surface area contributed by atoms with E-state index in [1.165, 1.54) is 12.5 Å². The third-order valence-corrected chi connectivity index (χ3v) is 2.38. The van der Waals surface area contributed by atoms with Crippen LogP contribution in [0.5, 0.6) is 0 Å². The lowest BCUT2D eigenvalue weighted by molar-refractivity contribution is -0.118.